The summed E-state index contributed by atoms with van der Waals surface area (Å²) in [6, 6.07) is 7.72. The highest BCUT2D eigenvalue weighted by atomic mass is 32.1. The van der Waals surface area contributed by atoms with Gasteiger partial charge in [-0.2, -0.15) is 4.98 Å². The van der Waals surface area contributed by atoms with Gasteiger partial charge in [-0.3, -0.25) is 9.69 Å². The highest BCUT2D eigenvalue weighted by Gasteiger charge is 2.17. The van der Waals surface area contributed by atoms with Gasteiger partial charge in [0.1, 0.15) is 0 Å². The smallest absolute Gasteiger partial charge is 0.316 e. The molecule has 9 heteroatoms. The molecule has 1 fully saturated rings. The Balaban J connectivity index is 1.39. The van der Waals surface area contributed by atoms with Crippen molar-refractivity contribution < 1.29 is 14.1 Å². The number of carbonyl (C=O) groups is 1. The van der Waals surface area contributed by atoms with Crippen LogP contribution in [0.2, 0.25) is 0 Å². The summed E-state index contributed by atoms with van der Waals surface area (Å²) in [6.45, 7) is 6.51. The second kappa shape index (κ2) is 8.59. The van der Waals surface area contributed by atoms with Gasteiger partial charge in [-0.05, 0) is 13.0 Å². The monoisotopic (exact) mass is 399 g/mol. The van der Waals surface area contributed by atoms with Gasteiger partial charge in [0.05, 0.1) is 23.9 Å². The number of nitrogens with zero attached hydrogens (tertiary/aromatic N) is 4. The van der Waals surface area contributed by atoms with Crippen LogP contribution in [0.15, 0.2) is 34.2 Å². The summed E-state index contributed by atoms with van der Waals surface area (Å²) >= 11 is 1.60. The minimum absolute atomic E-state index is 0.0353. The molecular weight excluding hydrogens is 378 g/mol. The van der Waals surface area contributed by atoms with Gasteiger partial charge < -0.3 is 14.6 Å². The first kappa shape index (κ1) is 18.7. The fraction of sp³-hybridized carbons (Fsp3) is 0.368. The first-order valence-corrected chi connectivity index (χ1v) is 10.0. The van der Waals surface area contributed by atoms with Gasteiger partial charge in [0.25, 0.3) is 0 Å². The zero-order chi connectivity index (χ0) is 19.3. The summed E-state index contributed by atoms with van der Waals surface area (Å²) in [5.41, 5.74) is 2.66. The van der Waals surface area contributed by atoms with E-state index < -0.39 is 0 Å². The molecule has 1 amide bonds. The molecule has 8 nitrogen and oxygen atoms in total. The van der Waals surface area contributed by atoms with Crippen molar-refractivity contribution in [3.63, 3.8) is 0 Å². The molecule has 1 aromatic carbocycles. The third-order valence-electron chi connectivity index (χ3n) is 4.47. The summed E-state index contributed by atoms with van der Waals surface area (Å²) in [5.74, 6) is -0.0164. The molecule has 1 saturated heterocycles. The Kier molecular flexibility index (Phi) is 5.75. The van der Waals surface area contributed by atoms with Gasteiger partial charge >= 0.3 is 11.8 Å². The zero-order valence-electron chi connectivity index (χ0n) is 15.6. The normalized spacial score (nSPS) is 14.9. The fourth-order valence-corrected chi connectivity index (χ4v) is 3.60. The highest BCUT2D eigenvalue weighted by Crippen LogP contribution is 2.25. The van der Waals surface area contributed by atoms with Crippen molar-refractivity contribution >= 4 is 17.2 Å². The Morgan fingerprint density at radius 1 is 1.25 bits per heavy atom. The summed E-state index contributed by atoms with van der Waals surface area (Å²) < 4.78 is 10.5. The highest BCUT2D eigenvalue weighted by molar-refractivity contribution is 7.09. The van der Waals surface area contributed by atoms with E-state index in [9.17, 15) is 4.79 Å². The number of benzene rings is 1. The second-order valence-corrected chi connectivity index (χ2v) is 7.53. The van der Waals surface area contributed by atoms with Crippen molar-refractivity contribution in [3.05, 3.63) is 40.5 Å². The van der Waals surface area contributed by atoms with Crippen LogP contribution in [-0.2, 0) is 4.74 Å². The minimum atomic E-state index is -0.363. The number of aromatic nitrogens is 3. The third-order valence-corrected chi connectivity index (χ3v) is 5.25. The van der Waals surface area contributed by atoms with Gasteiger partial charge in [-0.15, -0.1) is 11.3 Å². The molecular formula is C19H21N5O3S. The van der Waals surface area contributed by atoms with Crippen LogP contribution < -0.4 is 5.32 Å². The van der Waals surface area contributed by atoms with E-state index in [1.165, 1.54) is 0 Å². The molecule has 1 aliphatic rings. The Morgan fingerprint density at radius 3 is 2.86 bits per heavy atom. The molecule has 0 atom stereocenters. The van der Waals surface area contributed by atoms with E-state index in [1.54, 1.807) is 11.3 Å². The van der Waals surface area contributed by atoms with Crippen LogP contribution in [0.1, 0.15) is 15.7 Å². The van der Waals surface area contributed by atoms with E-state index in [0.29, 0.717) is 12.4 Å². The van der Waals surface area contributed by atoms with E-state index in [2.05, 4.69) is 25.3 Å². The minimum Gasteiger partial charge on any atom is -0.379 e. The molecule has 0 aliphatic carbocycles. The first-order chi connectivity index (χ1) is 13.7. The van der Waals surface area contributed by atoms with Crippen molar-refractivity contribution in [3.8, 4) is 22.6 Å². The second-order valence-electron chi connectivity index (χ2n) is 6.47. The molecule has 3 heterocycles. The van der Waals surface area contributed by atoms with Crippen molar-refractivity contribution in [2.45, 2.75) is 6.92 Å². The van der Waals surface area contributed by atoms with Gasteiger partial charge in [0.15, 0.2) is 0 Å². The van der Waals surface area contributed by atoms with Gasteiger partial charge in [-0.1, -0.05) is 23.4 Å². The lowest BCUT2D eigenvalue weighted by Crippen LogP contribution is -2.41. The largest absolute Gasteiger partial charge is 0.379 e. The van der Waals surface area contributed by atoms with Crippen LogP contribution in [0.25, 0.3) is 22.6 Å². The molecule has 1 aliphatic heterocycles. The van der Waals surface area contributed by atoms with Gasteiger partial charge in [0.2, 0.25) is 5.82 Å². The van der Waals surface area contributed by atoms with Crippen molar-refractivity contribution in [2.24, 2.45) is 0 Å². The van der Waals surface area contributed by atoms with E-state index >= 15 is 0 Å². The number of thiazole rings is 1. The van der Waals surface area contributed by atoms with Crippen LogP contribution in [0.4, 0.5) is 0 Å². The number of hydrogen-bond donors (Lipinski definition) is 1. The number of amides is 1. The maximum atomic E-state index is 12.3. The molecule has 0 saturated carbocycles. The van der Waals surface area contributed by atoms with Crippen LogP contribution in [0.3, 0.4) is 0 Å². The molecule has 0 spiro atoms. The summed E-state index contributed by atoms with van der Waals surface area (Å²) in [6.07, 6.45) is 0. The summed E-state index contributed by atoms with van der Waals surface area (Å²) in [7, 11) is 0. The summed E-state index contributed by atoms with van der Waals surface area (Å²) in [4.78, 5) is 23.3. The molecule has 4 rings (SSSR count). The van der Waals surface area contributed by atoms with Crippen LogP contribution in [-0.4, -0.2) is 65.3 Å². The molecule has 0 bridgehead atoms. The number of rotatable bonds is 6. The number of nitrogens with one attached hydrogen (secondary N) is 1. The summed E-state index contributed by atoms with van der Waals surface area (Å²) in [5, 5.41) is 9.80. The van der Waals surface area contributed by atoms with E-state index in [-0.39, 0.29) is 11.8 Å². The molecule has 0 radical (unpaired) electrons. The standard InChI is InChI=1S/C19H21N5O3S/c1-13-21-16(12-28-13)14-3-2-4-15(11-14)17-22-19(27-23-17)18(25)20-5-6-24-7-9-26-10-8-24/h2-4,11-12H,5-10H2,1H3,(H,20,25). The van der Waals surface area contributed by atoms with E-state index in [4.69, 9.17) is 9.26 Å². The molecule has 2 aromatic heterocycles. The lowest BCUT2D eigenvalue weighted by atomic mass is 10.1. The fourth-order valence-electron chi connectivity index (χ4n) is 2.97. The topological polar surface area (TPSA) is 93.4 Å². The number of aryl methyl sites for hydroxylation is 1. The average Bonchev–Trinajstić information content (AvgIpc) is 3.38. The average molecular weight is 399 g/mol. The van der Waals surface area contributed by atoms with Crippen LogP contribution in [0, 0.1) is 6.92 Å². The number of hydrogen-bond acceptors (Lipinski definition) is 8. The maximum absolute atomic E-state index is 12.3. The molecule has 28 heavy (non-hydrogen) atoms. The Hall–Kier alpha value is -2.62. The van der Waals surface area contributed by atoms with Crippen LogP contribution in [0.5, 0.6) is 0 Å². The predicted molar refractivity (Wildman–Crippen MR) is 105 cm³/mol. The quantitative estimate of drug-likeness (QED) is 0.679. The van der Waals surface area contributed by atoms with Gasteiger partial charge in [-0.25, -0.2) is 4.98 Å². The SMILES string of the molecule is Cc1nc(-c2cccc(-c3noc(C(=O)NCCN4CCOCC4)n3)c2)cs1. The maximum Gasteiger partial charge on any atom is 0.316 e. The number of morpholine rings is 1. The number of ether oxygens (including phenoxy) is 1. The molecule has 3 aromatic rings. The van der Waals surface area contributed by atoms with Crippen molar-refractivity contribution in [1.82, 2.24) is 25.3 Å². The van der Waals surface area contributed by atoms with Gasteiger partial charge in [0, 0.05) is 42.7 Å². The molecule has 146 valence electrons. The number of carbonyl (C=O) groups excluding carboxylic acids is 1. The zero-order valence-corrected chi connectivity index (χ0v) is 16.4. The first-order valence-electron chi connectivity index (χ1n) is 9.14. The van der Waals surface area contributed by atoms with Crippen molar-refractivity contribution in [1.29, 1.82) is 0 Å². The van der Waals surface area contributed by atoms with Crippen LogP contribution >= 0.6 is 11.3 Å². The Morgan fingerprint density at radius 2 is 2.07 bits per heavy atom. The third kappa shape index (κ3) is 4.44. The lowest BCUT2D eigenvalue weighted by Gasteiger charge is -2.26. The van der Waals surface area contributed by atoms with E-state index in [1.807, 2.05) is 36.6 Å². The lowest BCUT2D eigenvalue weighted by molar-refractivity contribution is 0.0382. The predicted octanol–water partition coefficient (Wildman–Crippen LogP) is 2.23. The molecule has 0 unspecified atom stereocenters. The Labute approximate surface area is 166 Å². The Bertz CT molecular complexity index is 948. The van der Waals surface area contributed by atoms with E-state index in [0.717, 1.165) is 54.7 Å². The molecule has 1 N–H and O–H groups in total. The van der Waals surface area contributed by atoms with Crippen molar-refractivity contribution in [2.75, 3.05) is 39.4 Å².